The van der Waals surface area contributed by atoms with Gasteiger partial charge in [-0.2, -0.15) is 0 Å². The zero-order chi connectivity index (χ0) is 18.5. The monoisotopic (exact) mass is 366 g/mol. The summed E-state index contributed by atoms with van der Waals surface area (Å²) in [5.41, 5.74) is 4.23. The summed E-state index contributed by atoms with van der Waals surface area (Å²) in [6.07, 6.45) is 9.00. The van der Waals surface area contributed by atoms with E-state index in [0.717, 1.165) is 38.8 Å². The molecule has 0 bridgehead atoms. The largest absolute Gasteiger partial charge is 0.462 e. The van der Waals surface area contributed by atoms with E-state index in [4.69, 9.17) is 4.74 Å². The molecule has 1 aromatic carbocycles. The van der Waals surface area contributed by atoms with Crippen molar-refractivity contribution in [3.63, 3.8) is 0 Å². The molecule has 3 aliphatic rings. The van der Waals surface area contributed by atoms with Gasteiger partial charge in [-0.15, -0.1) is 0 Å². The number of esters is 1. The van der Waals surface area contributed by atoms with Gasteiger partial charge in [0.1, 0.15) is 6.10 Å². The van der Waals surface area contributed by atoms with E-state index in [0.29, 0.717) is 12.0 Å². The molecule has 2 fully saturated rings. The first-order valence-electron chi connectivity index (χ1n) is 10.7. The first-order valence-corrected chi connectivity index (χ1v) is 10.7. The van der Waals surface area contributed by atoms with E-state index in [1.807, 2.05) is 0 Å². The van der Waals surface area contributed by atoms with Crippen LogP contribution in [0.4, 0.5) is 0 Å². The molecule has 1 aromatic heterocycles. The second-order valence-corrected chi connectivity index (χ2v) is 8.75. The summed E-state index contributed by atoms with van der Waals surface area (Å²) >= 11 is 0. The number of likely N-dealkylation sites (tertiary alicyclic amines) is 1. The van der Waals surface area contributed by atoms with Gasteiger partial charge in [0.25, 0.3) is 0 Å². The van der Waals surface area contributed by atoms with Crippen molar-refractivity contribution in [3.05, 3.63) is 35.5 Å². The van der Waals surface area contributed by atoms with Crippen LogP contribution in [0.3, 0.4) is 0 Å². The molecular formula is C23H30N2O2. The van der Waals surface area contributed by atoms with Gasteiger partial charge in [0.05, 0.1) is 5.92 Å². The molecule has 1 aliphatic heterocycles. The van der Waals surface area contributed by atoms with Gasteiger partial charge in [0.2, 0.25) is 0 Å². The van der Waals surface area contributed by atoms with Crippen LogP contribution in [0, 0.1) is 5.92 Å². The van der Waals surface area contributed by atoms with Crippen molar-refractivity contribution in [2.24, 2.45) is 13.0 Å². The van der Waals surface area contributed by atoms with Crippen LogP contribution in [0.1, 0.15) is 56.1 Å². The highest BCUT2D eigenvalue weighted by atomic mass is 16.5. The van der Waals surface area contributed by atoms with Crippen LogP contribution in [-0.2, 0) is 23.0 Å². The predicted octanol–water partition coefficient (Wildman–Crippen LogP) is 4.01. The third-order valence-electron chi connectivity index (χ3n) is 7.21. The number of fused-ring (bicyclic) bond motifs is 2. The fourth-order valence-corrected chi connectivity index (χ4v) is 5.88. The molecule has 0 radical (unpaired) electrons. The standard InChI is InChI=1S/C23H30N2O2/c1-3-25-14-16(23(26)27-17-7-4-5-8-17)11-19-18-9-6-10-20-22(18)15(12-21(19)25)13-24(20)2/h6,9-10,13,16-17,19,21H,3-5,7-8,11-12,14H2,1-2H3/t16-,19-,21-/m1/s1. The average molecular weight is 367 g/mol. The molecule has 2 heterocycles. The number of benzene rings is 1. The van der Waals surface area contributed by atoms with Gasteiger partial charge in [-0.25, -0.2) is 0 Å². The van der Waals surface area contributed by atoms with E-state index in [2.05, 4.69) is 47.8 Å². The number of rotatable bonds is 3. The lowest BCUT2D eigenvalue weighted by Gasteiger charge is -2.46. The number of aryl methyl sites for hydroxylation is 1. The first-order chi connectivity index (χ1) is 13.2. The maximum atomic E-state index is 12.9. The number of nitrogens with zero attached hydrogens (tertiary/aromatic N) is 2. The lowest BCUT2D eigenvalue weighted by atomic mass is 9.72. The summed E-state index contributed by atoms with van der Waals surface area (Å²) in [4.78, 5) is 15.5. The smallest absolute Gasteiger partial charge is 0.310 e. The van der Waals surface area contributed by atoms with Crippen molar-refractivity contribution in [1.82, 2.24) is 9.47 Å². The normalized spacial score (nSPS) is 28.4. The topological polar surface area (TPSA) is 34.5 Å². The van der Waals surface area contributed by atoms with Crippen LogP contribution < -0.4 is 0 Å². The minimum Gasteiger partial charge on any atom is -0.462 e. The molecule has 1 saturated carbocycles. The zero-order valence-electron chi connectivity index (χ0n) is 16.5. The minimum atomic E-state index is 0.00678. The molecule has 2 aliphatic carbocycles. The Labute approximate surface area is 161 Å². The van der Waals surface area contributed by atoms with Crippen LogP contribution in [0.15, 0.2) is 24.4 Å². The van der Waals surface area contributed by atoms with E-state index >= 15 is 0 Å². The third kappa shape index (κ3) is 2.80. The Bertz CT molecular complexity index is 865. The molecule has 0 spiro atoms. The Morgan fingerprint density at radius 3 is 2.85 bits per heavy atom. The average Bonchev–Trinajstić information content (AvgIpc) is 3.30. The quantitative estimate of drug-likeness (QED) is 0.770. The van der Waals surface area contributed by atoms with Gasteiger partial charge in [-0.3, -0.25) is 9.69 Å². The van der Waals surface area contributed by atoms with Crippen LogP contribution in [0.5, 0.6) is 0 Å². The highest BCUT2D eigenvalue weighted by Gasteiger charge is 2.43. The number of carbonyl (C=O) groups is 1. The van der Waals surface area contributed by atoms with Gasteiger partial charge < -0.3 is 9.30 Å². The number of hydrogen-bond donors (Lipinski definition) is 0. The molecule has 0 unspecified atom stereocenters. The molecule has 4 nitrogen and oxygen atoms in total. The van der Waals surface area contributed by atoms with Crippen LogP contribution in [0.2, 0.25) is 0 Å². The molecule has 2 aromatic rings. The van der Waals surface area contributed by atoms with Gasteiger partial charge >= 0.3 is 5.97 Å². The summed E-state index contributed by atoms with van der Waals surface area (Å²) in [5, 5.41) is 1.43. The predicted molar refractivity (Wildman–Crippen MR) is 107 cm³/mol. The van der Waals surface area contributed by atoms with Crippen molar-refractivity contribution in [1.29, 1.82) is 0 Å². The number of ether oxygens (including phenoxy) is 1. The summed E-state index contributed by atoms with van der Waals surface area (Å²) in [6.45, 7) is 4.07. The number of carbonyl (C=O) groups excluding carboxylic acids is 1. The van der Waals surface area contributed by atoms with E-state index in [1.165, 1.54) is 34.9 Å². The fourth-order valence-electron chi connectivity index (χ4n) is 5.88. The SMILES string of the molecule is CCN1C[C@H](C(=O)OC2CCCC2)C[C@@H]2c3cccc4c3c(cn4C)C[C@H]21. The lowest BCUT2D eigenvalue weighted by Crippen LogP contribution is -2.51. The van der Waals surface area contributed by atoms with Crippen LogP contribution in [-0.4, -0.2) is 40.7 Å². The maximum absolute atomic E-state index is 12.9. The van der Waals surface area contributed by atoms with Crippen molar-refractivity contribution < 1.29 is 9.53 Å². The van der Waals surface area contributed by atoms with E-state index in [1.54, 1.807) is 0 Å². The Kier molecular flexibility index (Phi) is 4.27. The number of piperidine rings is 1. The number of hydrogen-bond acceptors (Lipinski definition) is 3. The molecular weight excluding hydrogens is 336 g/mol. The third-order valence-corrected chi connectivity index (χ3v) is 7.21. The first kappa shape index (κ1) is 17.3. The Hall–Kier alpha value is -1.81. The fraction of sp³-hybridized carbons (Fsp3) is 0.609. The number of likely N-dealkylation sites (N-methyl/N-ethyl adjacent to an activating group) is 1. The molecule has 5 rings (SSSR count). The zero-order valence-corrected chi connectivity index (χ0v) is 16.5. The minimum absolute atomic E-state index is 0.00678. The van der Waals surface area contributed by atoms with Gasteiger partial charge in [-0.05, 0) is 62.3 Å². The summed E-state index contributed by atoms with van der Waals surface area (Å²) in [5.74, 6) is 0.482. The van der Waals surface area contributed by atoms with Gasteiger partial charge in [-0.1, -0.05) is 19.1 Å². The summed E-state index contributed by atoms with van der Waals surface area (Å²) in [6, 6.07) is 7.20. The van der Waals surface area contributed by atoms with Crippen LogP contribution >= 0.6 is 0 Å². The highest BCUT2D eigenvalue weighted by Crippen LogP contribution is 2.45. The van der Waals surface area contributed by atoms with Gasteiger partial charge in [0, 0.05) is 42.7 Å². The molecule has 0 amide bonds. The highest BCUT2D eigenvalue weighted by molar-refractivity contribution is 5.89. The molecule has 0 N–H and O–H groups in total. The second-order valence-electron chi connectivity index (χ2n) is 8.75. The Balaban J connectivity index is 1.47. The van der Waals surface area contributed by atoms with E-state index in [-0.39, 0.29) is 18.0 Å². The van der Waals surface area contributed by atoms with Crippen molar-refractivity contribution in [2.45, 2.75) is 63.5 Å². The molecule has 27 heavy (non-hydrogen) atoms. The van der Waals surface area contributed by atoms with E-state index < -0.39 is 0 Å². The number of aromatic nitrogens is 1. The van der Waals surface area contributed by atoms with Gasteiger partial charge in [0.15, 0.2) is 0 Å². The van der Waals surface area contributed by atoms with Crippen molar-refractivity contribution in [3.8, 4) is 0 Å². The maximum Gasteiger partial charge on any atom is 0.310 e. The van der Waals surface area contributed by atoms with E-state index in [9.17, 15) is 4.79 Å². The molecule has 3 atom stereocenters. The Morgan fingerprint density at radius 1 is 1.26 bits per heavy atom. The molecule has 4 heteroatoms. The summed E-state index contributed by atoms with van der Waals surface area (Å²) in [7, 11) is 2.14. The summed E-state index contributed by atoms with van der Waals surface area (Å²) < 4.78 is 8.16. The lowest BCUT2D eigenvalue weighted by molar-refractivity contribution is -0.156. The molecule has 144 valence electrons. The van der Waals surface area contributed by atoms with Crippen molar-refractivity contribution in [2.75, 3.05) is 13.1 Å². The molecule has 1 saturated heterocycles. The van der Waals surface area contributed by atoms with Crippen LogP contribution in [0.25, 0.3) is 10.9 Å². The van der Waals surface area contributed by atoms with Crippen molar-refractivity contribution >= 4 is 16.9 Å². The Morgan fingerprint density at radius 2 is 2.07 bits per heavy atom. The second kappa shape index (κ2) is 6.66.